The first-order chi connectivity index (χ1) is 12.1. The molecule has 6 heteroatoms. The van der Waals surface area contributed by atoms with Crippen LogP contribution in [0, 0.1) is 6.92 Å². The van der Waals surface area contributed by atoms with Gasteiger partial charge in [0, 0.05) is 27.5 Å². The smallest absolute Gasteiger partial charge is 0.251 e. The van der Waals surface area contributed by atoms with E-state index in [0.717, 1.165) is 11.3 Å². The Hall–Kier alpha value is -2.53. The van der Waals surface area contributed by atoms with Crippen LogP contribution in [0.25, 0.3) is 0 Å². The molecule has 2 aromatic rings. The molecule has 2 amide bonds. The van der Waals surface area contributed by atoms with E-state index in [1.807, 2.05) is 33.8 Å². The molecule has 0 aromatic heterocycles. The second-order valence-corrected chi connectivity index (χ2v) is 7.58. The Morgan fingerprint density at radius 3 is 2.31 bits per heavy atom. The molecule has 26 heavy (non-hydrogen) atoms. The molecule has 0 fully saturated rings. The van der Waals surface area contributed by atoms with Crippen LogP contribution < -0.4 is 16.0 Å². The van der Waals surface area contributed by atoms with Gasteiger partial charge >= 0.3 is 0 Å². The minimum Gasteiger partial charge on any atom is -0.376 e. The third-order valence-corrected chi connectivity index (χ3v) is 3.80. The molecule has 2 aromatic carbocycles. The molecule has 0 radical (unpaired) electrons. The summed E-state index contributed by atoms with van der Waals surface area (Å²) in [6, 6.07) is 12.3. The van der Waals surface area contributed by atoms with Crippen molar-refractivity contribution in [2.24, 2.45) is 0 Å². The number of halogens is 1. The second-order valence-electron chi connectivity index (χ2n) is 7.14. The van der Waals surface area contributed by atoms with Crippen LogP contribution in [0.2, 0.25) is 5.02 Å². The highest BCUT2D eigenvalue weighted by Gasteiger charge is 2.15. The van der Waals surface area contributed by atoms with Crippen LogP contribution in [0.15, 0.2) is 42.5 Å². The molecule has 2 rings (SSSR count). The number of aryl methyl sites for hydroxylation is 1. The number of amides is 2. The zero-order valence-corrected chi connectivity index (χ0v) is 16.2. The summed E-state index contributed by atoms with van der Waals surface area (Å²) in [4.78, 5) is 24.2. The van der Waals surface area contributed by atoms with Crippen molar-refractivity contribution in [3.05, 3.63) is 58.6 Å². The van der Waals surface area contributed by atoms with Gasteiger partial charge in [-0.05, 0) is 69.7 Å². The largest absolute Gasteiger partial charge is 0.376 e. The van der Waals surface area contributed by atoms with Gasteiger partial charge in [-0.1, -0.05) is 17.7 Å². The summed E-state index contributed by atoms with van der Waals surface area (Å²) in [5.74, 6) is -0.303. The quantitative estimate of drug-likeness (QED) is 0.734. The molecule has 0 spiro atoms. The average molecular weight is 374 g/mol. The number of nitrogens with one attached hydrogen (secondary N) is 3. The standard InChI is InChI=1S/C20H24ClN3O2/c1-13-5-8-15(21)11-17(13)23-18(25)12-22-16-9-6-14(7-10-16)19(26)24-20(2,3)4/h5-11,22H,12H2,1-4H3,(H,23,25)(H,24,26). The number of benzene rings is 2. The third kappa shape index (κ3) is 6.08. The second kappa shape index (κ2) is 8.23. The number of rotatable bonds is 5. The number of hydrogen-bond acceptors (Lipinski definition) is 3. The molecule has 0 aliphatic rings. The van der Waals surface area contributed by atoms with Crippen LogP contribution in [-0.2, 0) is 4.79 Å². The summed E-state index contributed by atoms with van der Waals surface area (Å²) in [5.41, 5.74) is 2.68. The monoisotopic (exact) mass is 373 g/mol. The highest BCUT2D eigenvalue weighted by Crippen LogP contribution is 2.20. The fourth-order valence-corrected chi connectivity index (χ4v) is 2.43. The maximum absolute atomic E-state index is 12.1. The van der Waals surface area contributed by atoms with Crippen LogP contribution in [0.5, 0.6) is 0 Å². The van der Waals surface area contributed by atoms with Gasteiger partial charge in [-0.2, -0.15) is 0 Å². The predicted molar refractivity (Wildman–Crippen MR) is 107 cm³/mol. The van der Waals surface area contributed by atoms with E-state index < -0.39 is 0 Å². The minimum atomic E-state index is -0.287. The highest BCUT2D eigenvalue weighted by atomic mass is 35.5. The summed E-state index contributed by atoms with van der Waals surface area (Å²) < 4.78 is 0. The molecule has 0 unspecified atom stereocenters. The van der Waals surface area contributed by atoms with E-state index in [0.29, 0.717) is 16.3 Å². The fraction of sp³-hybridized carbons (Fsp3) is 0.300. The zero-order chi connectivity index (χ0) is 19.3. The number of anilines is 2. The van der Waals surface area contributed by atoms with Crippen LogP contribution in [0.3, 0.4) is 0 Å². The summed E-state index contributed by atoms with van der Waals surface area (Å²) in [7, 11) is 0. The zero-order valence-electron chi connectivity index (χ0n) is 15.4. The van der Waals surface area contributed by atoms with Crippen LogP contribution in [-0.4, -0.2) is 23.9 Å². The molecule has 3 N–H and O–H groups in total. The van der Waals surface area contributed by atoms with Gasteiger partial charge in [0.1, 0.15) is 0 Å². The topological polar surface area (TPSA) is 70.2 Å². The molecule has 138 valence electrons. The summed E-state index contributed by atoms with van der Waals surface area (Å²) >= 11 is 5.95. The lowest BCUT2D eigenvalue weighted by molar-refractivity contribution is -0.114. The molecule has 0 aliphatic heterocycles. The Bertz CT molecular complexity index is 796. The van der Waals surface area contributed by atoms with Crippen molar-refractivity contribution in [1.82, 2.24) is 5.32 Å². The summed E-state index contributed by atoms with van der Waals surface area (Å²) in [5, 5.41) is 9.34. The van der Waals surface area contributed by atoms with Crippen molar-refractivity contribution in [1.29, 1.82) is 0 Å². The average Bonchev–Trinajstić information content (AvgIpc) is 2.55. The van der Waals surface area contributed by atoms with Crippen molar-refractivity contribution in [2.75, 3.05) is 17.2 Å². The van der Waals surface area contributed by atoms with Gasteiger partial charge in [0.05, 0.1) is 6.54 Å². The molecule has 0 saturated carbocycles. The summed E-state index contributed by atoms with van der Waals surface area (Å²) in [6.07, 6.45) is 0. The maximum atomic E-state index is 12.1. The van der Waals surface area contributed by atoms with E-state index in [-0.39, 0.29) is 23.9 Å². The molecule has 0 aliphatic carbocycles. The first-order valence-electron chi connectivity index (χ1n) is 8.36. The Morgan fingerprint density at radius 2 is 1.69 bits per heavy atom. The van der Waals surface area contributed by atoms with Crippen molar-refractivity contribution < 1.29 is 9.59 Å². The lowest BCUT2D eigenvalue weighted by Crippen LogP contribution is -2.40. The lowest BCUT2D eigenvalue weighted by atomic mass is 10.1. The first-order valence-corrected chi connectivity index (χ1v) is 8.74. The minimum absolute atomic E-state index is 0.111. The third-order valence-electron chi connectivity index (χ3n) is 3.56. The number of carbonyl (C=O) groups is 2. The van der Waals surface area contributed by atoms with Gasteiger partial charge in [0.25, 0.3) is 5.91 Å². The van der Waals surface area contributed by atoms with Gasteiger partial charge in [-0.25, -0.2) is 0 Å². The normalized spacial score (nSPS) is 11.0. The van der Waals surface area contributed by atoms with Crippen LogP contribution >= 0.6 is 11.6 Å². The van der Waals surface area contributed by atoms with Gasteiger partial charge in [0.2, 0.25) is 5.91 Å². The number of hydrogen-bond donors (Lipinski definition) is 3. The van der Waals surface area contributed by atoms with E-state index in [4.69, 9.17) is 11.6 Å². The van der Waals surface area contributed by atoms with Crippen LogP contribution in [0.4, 0.5) is 11.4 Å². The van der Waals surface area contributed by atoms with Gasteiger partial charge in [0.15, 0.2) is 0 Å². The predicted octanol–water partition coefficient (Wildman–Crippen LogP) is 4.23. The molecular formula is C20H24ClN3O2. The van der Waals surface area contributed by atoms with Gasteiger partial charge < -0.3 is 16.0 Å². The van der Waals surface area contributed by atoms with Crippen molar-refractivity contribution in [3.63, 3.8) is 0 Å². The molecular weight excluding hydrogens is 350 g/mol. The molecule has 0 saturated heterocycles. The SMILES string of the molecule is Cc1ccc(Cl)cc1NC(=O)CNc1ccc(C(=O)NC(C)(C)C)cc1. The lowest BCUT2D eigenvalue weighted by Gasteiger charge is -2.20. The van der Waals surface area contributed by atoms with Crippen molar-refractivity contribution in [2.45, 2.75) is 33.2 Å². The van der Waals surface area contributed by atoms with E-state index >= 15 is 0 Å². The maximum Gasteiger partial charge on any atom is 0.251 e. The van der Waals surface area contributed by atoms with Gasteiger partial charge in [-0.3, -0.25) is 9.59 Å². The Kier molecular flexibility index (Phi) is 6.27. The van der Waals surface area contributed by atoms with Gasteiger partial charge in [-0.15, -0.1) is 0 Å². The van der Waals surface area contributed by atoms with E-state index in [9.17, 15) is 9.59 Å². The van der Waals surface area contributed by atoms with Crippen molar-refractivity contribution in [3.8, 4) is 0 Å². The Balaban J connectivity index is 1.90. The molecule has 0 bridgehead atoms. The molecule has 5 nitrogen and oxygen atoms in total. The molecule has 0 atom stereocenters. The molecule has 0 heterocycles. The first kappa shape index (κ1) is 19.8. The number of carbonyl (C=O) groups excluding carboxylic acids is 2. The Morgan fingerprint density at radius 1 is 1.04 bits per heavy atom. The van der Waals surface area contributed by atoms with Crippen LogP contribution in [0.1, 0.15) is 36.7 Å². The fourth-order valence-electron chi connectivity index (χ4n) is 2.26. The van der Waals surface area contributed by atoms with Crippen molar-refractivity contribution >= 4 is 34.8 Å². The van der Waals surface area contributed by atoms with E-state index in [2.05, 4.69) is 16.0 Å². The Labute approximate surface area is 159 Å². The highest BCUT2D eigenvalue weighted by molar-refractivity contribution is 6.31. The van der Waals surface area contributed by atoms with E-state index in [1.54, 1.807) is 36.4 Å². The summed E-state index contributed by atoms with van der Waals surface area (Å²) in [6.45, 7) is 7.81. The van der Waals surface area contributed by atoms with E-state index in [1.165, 1.54) is 0 Å².